The first-order chi connectivity index (χ1) is 7.20. The second-order valence-electron chi connectivity index (χ2n) is 4.55. The van der Waals surface area contributed by atoms with Crippen LogP contribution in [0.3, 0.4) is 0 Å². The molecule has 1 aliphatic heterocycles. The van der Waals surface area contributed by atoms with Crippen molar-refractivity contribution in [1.82, 2.24) is 0 Å². The first kappa shape index (κ1) is 8.98. The summed E-state index contributed by atoms with van der Waals surface area (Å²) in [5.41, 5.74) is 1.17. The van der Waals surface area contributed by atoms with Crippen LogP contribution in [0.15, 0.2) is 36.4 Å². The molecule has 3 rings (SSSR count). The Morgan fingerprint density at radius 2 is 2.20 bits per heavy atom. The normalized spacial score (nSPS) is 36.9. The van der Waals surface area contributed by atoms with Crippen LogP contribution in [0, 0.1) is 0 Å². The summed E-state index contributed by atoms with van der Waals surface area (Å²) < 4.78 is 5.87. The fraction of sp³-hybridized carbons (Fsp3) is 0.385. The van der Waals surface area contributed by atoms with Gasteiger partial charge >= 0.3 is 0 Å². The number of aliphatic hydroxyl groups excluding tert-OH is 1. The summed E-state index contributed by atoms with van der Waals surface area (Å²) in [5, 5.41) is 9.58. The van der Waals surface area contributed by atoms with Crippen LogP contribution in [-0.4, -0.2) is 17.3 Å². The largest absolute Gasteiger partial charge is 0.489 e. The van der Waals surface area contributed by atoms with Crippen molar-refractivity contribution >= 4 is 0 Å². The van der Waals surface area contributed by atoms with E-state index in [2.05, 4.69) is 19.1 Å². The molecule has 0 aromatic heterocycles. The van der Waals surface area contributed by atoms with Gasteiger partial charge in [-0.05, 0) is 13.0 Å². The lowest BCUT2D eigenvalue weighted by molar-refractivity contribution is 0.0948. The van der Waals surface area contributed by atoms with Gasteiger partial charge in [0.25, 0.3) is 0 Å². The van der Waals surface area contributed by atoms with Gasteiger partial charge in [0.2, 0.25) is 0 Å². The first-order valence-corrected chi connectivity index (χ1v) is 5.34. The van der Waals surface area contributed by atoms with Crippen LogP contribution in [-0.2, 0) is 5.41 Å². The van der Waals surface area contributed by atoms with Gasteiger partial charge in [0.05, 0.1) is 11.5 Å². The number of aliphatic hydroxyl groups is 1. The van der Waals surface area contributed by atoms with E-state index in [9.17, 15) is 5.11 Å². The molecule has 2 unspecified atom stereocenters. The van der Waals surface area contributed by atoms with Gasteiger partial charge in [-0.1, -0.05) is 30.4 Å². The molecule has 0 fully saturated rings. The van der Waals surface area contributed by atoms with Crippen LogP contribution < -0.4 is 4.74 Å². The molecule has 0 bridgehead atoms. The Balaban J connectivity index is 2.13. The van der Waals surface area contributed by atoms with E-state index in [-0.39, 0.29) is 17.6 Å². The van der Waals surface area contributed by atoms with Gasteiger partial charge in [-0.2, -0.15) is 0 Å². The van der Waals surface area contributed by atoms with E-state index in [1.54, 1.807) is 0 Å². The number of para-hydroxylation sites is 1. The summed E-state index contributed by atoms with van der Waals surface area (Å²) in [4.78, 5) is 0. The van der Waals surface area contributed by atoms with Crippen LogP contribution in [0.1, 0.15) is 18.9 Å². The minimum atomic E-state index is -0.364. The minimum absolute atomic E-state index is 0.0597. The highest BCUT2D eigenvalue weighted by Gasteiger charge is 2.45. The molecule has 2 nitrogen and oxygen atoms in total. The molecule has 0 radical (unpaired) electrons. The fourth-order valence-electron chi connectivity index (χ4n) is 2.56. The first-order valence-electron chi connectivity index (χ1n) is 5.34. The molecular weight excluding hydrogens is 188 g/mol. The highest BCUT2D eigenvalue weighted by atomic mass is 16.5. The van der Waals surface area contributed by atoms with Crippen LogP contribution in [0.4, 0.5) is 0 Å². The average Bonchev–Trinajstić information content (AvgIpc) is 2.52. The minimum Gasteiger partial charge on any atom is -0.489 e. The maximum Gasteiger partial charge on any atom is 0.123 e. The predicted molar refractivity (Wildman–Crippen MR) is 58.0 cm³/mol. The number of benzene rings is 1. The molecule has 0 saturated carbocycles. The van der Waals surface area contributed by atoms with E-state index in [1.807, 2.05) is 24.3 Å². The standard InChI is InChI=1S/C13H14O2/c1-13-7-6-9(14)8-12(13)15-11-5-3-2-4-10(11)13/h2-7,9,12,14H,8H2,1H3/t9-,12?,13?/m1/s1. The maximum atomic E-state index is 9.58. The topological polar surface area (TPSA) is 29.5 Å². The Morgan fingerprint density at radius 1 is 1.40 bits per heavy atom. The van der Waals surface area contributed by atoms with Crippen molar-refractivity contribution in [2.24, 2.45) is 0 Å². The predicted octanol–water partition coefficient (Wildman–Crippen LogP) is 2.03. The molecule has 1 heterocycles. The third kappa shape index (κ3) is 1.15. The van der Waals surface area contributed by atoms with E-state index in [0.29, 0.717) is 6.42 Å². The summed E-state index contributed by atoms with van der Waals surface area (Å²) >= 11 is 0. The van der Waals surface area contributed by atoms with Crippen molar-refractivity contribution in [3.63, 3.8) is 0 Å². The molecule has 1 N–H and O–H groups in total. The molecule has 2 heteroatoms. The summed E-state index contributed by atoms with van der Waals surface area (Å²) in [6.07, 6.45) is 4.36. The second-order valence-corrected chi connectivity index (χ2v) is 4.55. The molecule has 1 aromatic carbocycles. The van der Waals surface area contributed by atoms with Crippen molar-refractivity contribution in [1.29, 1.82) is 0 Å². The third-order valence-electron chi connectivity index (χ3n) is 3.53. The summed E-state index contributed by atoms with van der Waals surface area (Å²) in [6.45, 7) is 2.17. The molecule has 0 amide bonds. The Kier molecular flexibility index (Phi) is 1.71. The maximum absolute atomic E-state index is 9.58. The number of rotatable bonds is 0. The zero-order valence-corrected chi connectivity index (χ0v) is 8.68. The Labute approximate surface area is 89.2 Å². The summed E-state index contributed by atoms with van der Waals surface area (Å²) in [5.74, 6) is 0.962. The van der Waals surface area contributed by atoms with Crippen molar-refractivity contribution in [3.8, 4) is 5.75 Å². The lowest BCUT2D eigenvalue weighted by Gasteiger charge is -2.32. The summed E-state index contributed by atoms with van der Waals surface area (Å²) in [7, 11) is 0. The fourth-order valence-corrected chi connectivity index (χ4v) is 2.56. The molecule has 0 saturated heterocycles. The van der Waals surface area contributed by atoms with E-state index >= 15 is 0 Å². The van der Waals surface area contributed by atoms with Gasteiger partial charge in [0.15, 0.2) is 0 Å². The lowest BCUT2D eigenvalue weighted by Crippen LogP contribution is -2.39. The monoisotopic (exact) mass is 202 g/mol. The molecule has 3 atom stereocenters. The molecule has 78 valence electrons. The third-order valence-corrected chi connectivity index (χ3v) is 3.53. The molecule has 2 aliphatic rings. The van der Waals surface area contributed by atoms with Gasteiger partial charge in [-0.15, -0.1) is 0 Å². The quantitative estimate of drug-likeness (QED) is 0.652. The zero-order valence-electron chi connectivity index (χ0n) is 8.68. The van der Waals surface area contributed by atoms with Crippen molar-refractivity contribution in [3.05, 3.63) is 42.0 Å². The molecule has 1 aromatic rings. The Morgan fingerprint density at radius 3 is 3.07 bits per heavy atom. The molecule has 15 heavy (non-hydrogen) atoms. The Hall–Kier alpha value is -1.28. The smallest absolute Gasteiger partial charge is 0.123 e. The SMILES string of the molecule is CC12C=C[C@@H](O)CC1Oc1ccccc12. The number of ether oxygens (including phenoxy) is 1. The highest BCUT2D eigenvalue weighted by Crippen LogP contribution is 2.47. The number of hydrogen-bond acceptors (Lipinski definition) is 2. The van der Waals surface area contributed by atoms with Gasteiger partial charge in [-0.3, -0.25) is 0 Å². The second kappa shape index (κ2) is 2.86. The van der Waals surface area contributed by atoms with Gasteiger partial charge in [0, 0.05) is 12.0 Å². The van der Waals surface area contributed by atoms with Crippen molar-refractivity contribution < 1.29 is 9.84 Å². The van der Waals surface area contributed by atoms with Crippen LogP contribution in [0.2, 0.25) is 0 Å². The van der Waals surface area contributed by atoms with E-state index < -0.39 is 0 Å². The Bertz CT molecular complexity index is 424. The van der Waals surface area contributed by atoms with E-state index in [4.69, 9.17) is 4.74 Å². The highest BCUT2D eigenvalue weighted by molar-refractivity contribution is 5.48. The van der Waals surface area contributed by atoms with Crippen LogP contribution in [0.5, 0.6) is 5.75 Å². The molecule has 0 spiro atoms. The van der Waals surface area contributed by atoms with E-state index in [0.717, 1.165) is 5.75 Å². The van der Waals surface area contributed by atoms with Crippen LogP contribution in [0.25, 0.3) is 0 Å². The summed E-state index contributed by atoms with van der Waals surface area (Å²) in [6, 6.07) is 8.13. The zero-order chi connectivity index (χ0) is 10.5. The lowest BCUT2D eigenvalue weighted by atomic mass is 9.74. The van der Waals surface area contributed by atoms with Gasteiger partial charge < -0.3 is 9.84 Å². The average molecular weight is 202 g/mol. The van der Waals surface area contributed by atoms with Crippen molar-refractivity contribution in [2.45, 2.75) is 31.0 Å². The van der Waals surface area contributed by atoms with Gasteiger partial charge in [-0.25, -0.2) is 0 Å². The number of fused-ring (bicyclic) bond motifs is 3. The van der Waals surface area contributed by atoms with Crippen LogP contribution >= 0.6 is 0 Å². The number of hydrogen-bond donors (Lipinski definition) is 1. The molecular formula is C13H14O2. The molecule has 1 aliphatic carbocycles. The van der Waals surface area contributed by atoms with E-state index in [1.165, 1.54) is 5.56 Å². The van der Waals surface area contributed by atoms with Crippen molar-refractivity contribution in [2.75, 3.05) is 0 Å². The van der Waals surface area contributed by atoms with Gasteiger partial charge in [0.1, 0.15) is 11.9 Å².